The normalized spacial score (nSPS) is 15.2. The number of anilines is 1. The van der Waals surface area contributed by atoms with Gasteiger partial charge < -0.3 is 10.2 Å². The van der Waals surface area contributed by atoms with E-state index in [1.54, 1.807) is 0 Å². The standard InChI is InChI=1S/C15H18ClN3.ClH/c1-2-11-9-12-3-4-13(16)10-14(12)18-15(11)19-7-5-17-6-8-19;/h3-4,9-10,17H,2,5-8H2,1H3;1H. The maximum Gasteiger partial charge on any atom is 0.132 e. The Kier molecular flexibility index (Phi) is 5.08. The summed E-state index contributed by atoms with van der Waals surface area (Å²) in [6.45, 7) is 6.28. The van der Waals surface area contributed by atoms with Crippen molar-refractivity contribution in [3.63, 3.8) is 0 Å². The fourth-order valence-electron chi connectivity index (χ4n) is 2.58. The maximum absolute atomic E-state index is 6.07. The molecule has 108 valence electrons. The fraction of sp³-hybridized carbons (Fsp3) is 0.400. The Bertz CT molecular complexity index is 595. The van der Waals surface area contributed by atoms with Crippen molar-refractivity contribution < 1.29 is 0 Å². The van der Waals surface area contributed by atoms with Gasteiger partial charge in [0.2, 0.25) is 0 Å². The molecule has 1 fully saturated rings. The molecule has 0 aliphatic carbocycles. The van der Waals surface area contributed by atoms with E-state index in [4.69, 9.17) is 16.6 Å². The summed E-state index contributed by atoms with van der Waals surface area (Å²) in [6, 6.07) is 8.17. The van der Waals surface area contributed by atoms with Gasteiger partial charge in [-0.3, -0.25) is 0 Å². The maximum atomic E-state index is 6.07. The van der Waals surface area contributed by atoms with Crippen molar-refractivity contribution in [1.29, 1.82) is 0 Å². The molecular formula is C15H19Cl2N3. The third kappa shape index (κ3) is 3.00. The van der Waals surface area contributed by atoms with Gasteiger partial charge in [-0.05, 0) is 30.2 Å². The summed E-state index contributed by atoms with van der Waals surface area (Å²) in [5.41, 5.74) is 2.30. The van der Waals surface area contributed by atoms with Gasteiger partial charge in [0.25, 0.3) is 0 Å². The number of hydrogen-bond acceptors (Lipinski definition) is 3. The second-order valence-electron chi connectivity index (χ2n) is 4.90. The van der Waals surface area contributed by atoms with Crippen LogP contribution in [0.4, 0.5) is 5.82 Å². The summed E-state index contributed by atoms with van der Waals surface area (Å²) in [4.78, 5) is 7.21. The minimum Gasteiger partial charge on any atom is -0.354 e. The molecule has 3 rings (SSSR count). The van der Waals surface area contributed by atoms with Crippen molar-refractivity contribution in [2.45, 2.75) is 13.3 Å². The van der Waals surface area contributed by atoms with E-state index in [0.717, 1.165) is 49.0 Å². The van der Waals surface area contributed by atoms with Crippen LogP contribution in [-0.4, -0.2) is 31.2 Å². The lowest BCUT2D eigenvalue weighted by molar-refractivity contribution is 0.584. The monoisotopic (exact) mass is 311 g/mol. The number of aryl methyl sites for hydroxylation is 1. The predicted octanol–water partition coefficient (Wildman–Crippen LogP) is 3.28. The van der Waals surface area contributed by atoms with Crippen LogP contribution in [0.1, 0.15) is 12.5 Å². The third-order valence-electron chi connectivity index (χ3n) is 3.63. The van der Waals surface area contributed by atoms with Crippen LogP contribution < -0.4 is 10.2 Å². The molecule has 0 bridgehead atoms. The van der Waals surface area contributed by atoms with Crippen LogP contribution in [0.2, 0.25) is 5.02 Å². The number of pyridine rings is 1. The zero-order valence-electron chi connectivity index (χ0n) is 11.5. The minimum absolute atomic E-state index is 0. The Balaban J connectivity index is 0.00000147. The molecular weight excluding hydrogens is 293 g/mol. The molecule has 1 aromatic carbocycles. The molecule has 3 nitrogen and oxygen atoms in total. The van der Waals surface area contributed by atoms with E-state index in [1.807, 2.05) is 18.2 Å². The molecule has 20 heavy (non-hydrogen) atoms. The highest BCUT2D eigenvalue weighted by molar-refractivity contribution is 6.31. The number of fused-ring (bicyclic) bond motifs is 1. The first-order chi connectivity index (χ1) is 9.28. The number of aromatic nitrogens is 1. The van der Waals surface area contributed by atoms with Gasteiger partial charge in [0, 0.05) is 36.6 Å². The Morgan fingerprint density at radius 2 is 2.00 bits per heavy atom. The van der Waals surface area contributed by atoms with Gasteiger partial charge in [-0.15, -0.1) is 12.4 Å². The zero-order chi connectivity index (χ0) is 13.2. The summed E-state index contributed by atoms with van der Waals surface area (Å²) >= 11 is 6.07. The van der Waals surface area contributed by atoms with E-state index in [9.17, 15) is 0 Å². The summed E-state index contributed by atoms with van der Waals surface area (Å²) in [5.74, 6) is 1.12. The lowest BCUT2D eigenvalue weighted by atomic mass is 10.1. The molecule has 0 saturated carbocycles. The zero-order valence-corrected chi connectivity index (χ0v) is 13.1. The molecule has 0 radical (unpaired) electrons. The highest BCUT2D eigenvalue weighted by atomic mass is 35.5. The van der Waals surface area contributed by atoms with E-state index in [0.29, 0.717) is 0 Å². The minimum atomic E-state index is 0. The second kappa shape index (κ2) is 6.61. The topological polar surface area (TPSA) is 28.2 Å². The molecule has 1 saturated heterocycles. The van der Waals surface area contributed by atoms with E-state index in [1.165, 1.54) is 10.9 Å². The van der Waals surface area contributed by atoms with Gasteiger partial charge in [0.15, 0.2) is 0 Å². The lowest BCUT2D eigenvalue weighted by Crippen LogP contribution is -2.44. The molecule has 0 atom stereocenters. The molecule has 1 aromatic heterocycles. The Labute approximate surface area is 130 Å². The van der Waals surface area contributed by atoms with E-state index >= 15 is 0 Å². The second-order valence-corrected chi connectivity index (χ2v) is 5.34. The van der Waals surface area contributed by atoms with Crippen LogP contribution in [0.25, 0.3) is 10.9 Å². The summed E-state index contributed by atoms with van der Waals surface area (Å²) < 4.78 is 0. The van der Waals surface area contributed by atoms with Gasteiger partial charge in [-0.25, -0.2) is 4.98 Å². The number of hydrogen-bond donors (Lipinski definition) is 1. The first kappa shape index (κ1) is 15.4. The highest BCUT2D eigenvalue weighted by Gasteiger charge is 2.15. The van der Waals surface area contributed by atoms with Gasteiger partial charge >= 0.3 is 0 Å². The number of nitrogens with one attached hydrogen (secondary N) is 1. The van der Waals surface area contributed by atoms with E-state index < -0.39 is 0 Å². The van der Waals surface area contributed by atoms with Crippen molar-refractivity contribution in [2.24, 2.45) is 0 Å². The molecule has 1 aliphatic heterocycles. The highest BCUT2D eigenvalue weighted by Crippen LogP contribution is 2.26. The smallest absolute Gasteiger partial charge is 0.132 e. The molecule has 5 heteroatoms. The molecule has 0 amide bonds. The molecule has 1 N–H and O–H groups in total. The van der Waals surface area contributed by atoms with Crippen LogP contribution in [0.3, 0.4) is 0 Å². The average Bonchev–Trinajstić information content (AvgIpc) is 2.46. The number of halogens is 2. The van der Waals surface area contributed by atoms with Crippen LogP contribution in [-0.2, 0) is 6.42 Å². The fourth-order valence-corrected chi connectivity index (χ4v) is 2.75. The number of rotatable bonds is 2. The van der Waals surface area contributed by atoms with E-state index in [2.05, 4.69) is 23.2 Å². The third-order valence-corrected chi connectivity index (χ3v) is 3.87. The Morgan fingerprint density at radius 3 is 2.70 bits per heavy atom. The molecule has 2 heterocycles. The Morgan fingerprint density at radius 1 is 1.25 bits per heavy atom. The number of piperazine rings is 1. The summed E-state index contributed by atoms with van der Waals surface area (Å²) in [5, 5.41) is 5.29. The first-order valence-electron chi connectivity index (χ1n) is 6.83. The van der Waals surface area contributed by atoms with Gasteiger partial charge in [0.05, 0.1) is 5.52 Å². The first-order valence-corrected chi connectivity index (χ1v) is 7.20. The SMILES string of the molecule is CCc1cc2ccc(Cl)cc2nc1N1CCNCC1.Cl. The van der Waals surface area contributed by atoms with Crippen molar-refractivity contribution in [3.05, 3.63) is 34.9 Å². The van der Waals surface area contributed by atoms with Crippen LogP contribution in [0.15, 0.2) is 24.3 Å². The van der Waals surface area contributed by atoms with Gasteiger partial charge in [-0.2, -0.15) is 0 Å². The van der Waals surface area contributed by atoms with Crippen LogP contribution >= 0.6 is 24.0 Å². The lowest BCUT2D eigenvalue weighted by Gasteiger charge is -2.30. The molecule has 0 spiro atoms. The van der Waals surface area contributed by atoms with Crippen molar-refractivity contribution in [3.8, 4) is 0 Å². The van der Waals surface area contributed by atoms with Crippen molar-refractivity contribution in [1.82, 2.24) is 10.3 Å². The number of benzene rings is 1. The predicted molar refractivity (Wildman–Crippen MR) is 88.5 cm³/mol. The van der Waals surface area contributed by atoms with Crippen molar-refractivity contribution in [2.75, 3.05) is 31.1 Å². The van der Waals surface area contributed by atoms with Crippen LogP contribution in [0, 0.1) is 0 Å². The van der Waals surface area contributed by atoms with Gasteiger partial charge in [0.1, 0.15) is 5.82 Å². The largest absolute Gasteiger partial charge is 0.354 e. The molecule has 1 aliphatic rings. The summed E-state index contributed by atoms with van der Waals surface area (Å²) in [7, 11) is 0. The molecule has 0 unspecified atom stereocenters. The van der Waals surface area contributed by atoms with E-state index in [-0.39, 0.29) is 12.4 Å². The molecule has 2 aromatic rings. The summed E-state index contributed by atoms with van der Waals surface area (Å²) in [6.07, 6.45) is 1.00. The van der Waals surface area contributed by atoms with Crippen LogP contribution in [0.5, 0.6) is 0 Å². The quantitative estimate of drug-likeness (QED) is 0.922. The average molecular weight is 312 g/mol. The van der Waals surface area contributed by atoms with Gasteiger partial charge in [-0.1, -0.05) is 24.6 Å². The number of nitrogens with zero attached hydrogens (tertiary/aromatic N) is 2. The van der Waals surface area contributed by atoms with Crippen molar-refractivity contribution >= 4 is 40.7 Å². The Hall–Kier alpha value is -1.03.